The molecule has 0 amide bonds. The Balaban J connectivity index is 1.93. The highest BCUT2D eigenvalue weighted by atomic mass is 35.5. The van der Waals surface area contributed by atoms with E-state index in [-0.39, 0.29) is 5.92 Å². The van der Waals surface area contributed by atoms with E-state index in [4.69, 9.17) is 21.1 Å². The number of benzene rings is 2. The predicted molar refractivity (Wildman–Crippen MR) is 82.9 cm³/mol. The first kappa shape index (κ1) is 15.2. The van der Waals surface area contributed by atoms with Gasteiger partial charge in [-0.2, -0.15) is 5.26 Å². The summed E-state index contributed by atoms with van der Waals surface area (Å²) < 4.78 is 10.8. The van der Waals surface area contributed by atoms with Crippen LogP contribution in [0.2, 0.25) is 5.02 Å². The SMILES string of the molecule is COc1cccc(OCCC(C#N)c2cccc(Cl)c2)c1. The summed E-state index contributed by atoms with van der Waals surface area (Å²) in [4.78, 5) is 0. The van der Waals surface area contributed by atoms with E-state index in [0.717, 1.165) is 17.1 Å². The maximum absolute atomic E-state index is 9.28. The molecule has 1 unspecified atom stereocenters. The molecule has 0 aliphatic heterocycles. The van der Waals surface area contributed by atoms with Crippen molar-refractivity contribution in [2.45, 2.75) is 12.3 Å². The molecule has 0 aliphatic carbocycles. The standard InChI is InChI=1S/C17H16ClNO2/c1-20-16-6-3-7-17(11-16)21-9-8-14(12-19)13-4-2-5-15(18)10-13/h2-7,10-11,14H,8-9H2,1H3. The molecule has 0 heterocycles. The Morgan fingerprint density at radius 2 is 1.90 bits per heavy atom. The normalized spacial score (nSPS) is 11.5. The Hall–Kier alpha value is -2.18. The zero-order chi connectivity index (χ0) is 15.1. The largest absolute Gasteiger partial charge is 0.497 e. The third-order valence-corrected chi connectivity index (χ3v) is 3.36. The Morgan fingerprint density at radius 1 is 1.14 bits per heavy atom. The van der Waals surface area contributed by atoms with Gasteiger partial charge in [-0.1, -0.05) is 29.8 Å². The number of halogens is 1. The molecule has 0 fully saturated rings. The first-order chi connectivity index (χ1) is 10.2. The topological polar surface area (TPSA) is 42.2 Å². The van der Waals surface area contributed by atoms with Crippen molar-refractivity contribution in [2.24, 2.45) is 0 Å². The summed E-state index contributed by atoms with van der Waals surface area (Å²) in [5.74, 6) is 1.26. The Morgan fingerprint density at radius 3 is 2.62 bits per heavy atom. The first-order valence-electron chi connectivity index (χ1n) is 6.65. The van der Waals surface area contributed by atoms with Gasteiger partial charge in [-0.15, -0.1) is 0 Å². The number of nitrogens with zero attached hydrogens (tertiary/aromatic N) is 1. The van der Waals surface area contributed by atoms with Crippen LogP contribution in [0.4, 0.5) is 0 Å². The van der Waals surface area contributed by atoms with Crippen LogP contribution in [0.1, 0.15) is 17.9 Å². The molecule has 0 aromatic heterocycles. The van der Waals surface area contributed by atoms with E-state index in [1.807, 2.05) is 42.5 Å². The molecule has 0 saturated heterocycles. The molecule has 108 valence electrons. The van der Waals surface area contributed by atoms with E-state index in [0.29, 0.717) is 18.1 Å². The van der Waals surface area contributed by atoms with Gasteiger partial charge in [-0.05, 0) is 29.8 Å². The molecule has 0 N–H and O–H groups in total. The van der Waals surface area contributed by atoms with Crippen molar-refractivity contribution in [1.29, 1.82) is 5.26 Å². The van der Waals surface area contributed by atoms with Crippen molar-refractivity contribution in [3.63, 3.8) is 0 Å². The summed E-state index contributed by atoms with van der Waals surface area (Å²) in [7, 11) is 1.62. The lowest BCUT2D eigenvalue weighted by Gasteiger charge is -2.11. The lowest BCUT2D eigenvalue weighted by molar-refractivity contribution is 0.303. The Bertz CT molecular complexity index is 637. The number of hydrogen-bond donors (Lipinski definition) is 0. The number of nitriles is 1. The number of ether oxygens (including phenoxy) is 2. The van der Waals surface area contributed by atoms with Gasteiger partial charge in [0.15, 0.2) is 0 Å². The molecular formula is C17H16ClNO2. The molecule has 0 saturated carbocycles. The molecule has 1 atom stereocenters. The lowest BCUT2D eigenvalue weighted by atomic mass is 9.98. The van der Waals surface area contributed by atoms with Crippen LogP contribution in [0.3, 0.4) is 0 Å². The summed E-state index contributed by atoms with van der Waals surface area (Å²) in [6.07, 6.45) is 0.605. The maximum atomic E-state index is 9.28. The molecule has 2 aromatic rings. The highest BCUT2D eigenvalue weighted by Crippen LogP contribution is 2.23. The van der Waals surface area contributed by atoms with Crippen molar-refractivity contribution in [2.75, 3.05) is 13.7 Å². The zero-order valence-electron chi connectivity index (χ0n) is 11.8. The molecular weight excluding hydrogens is 286 g/mol. The van der Waals surface area contributed by atoms with E-state index in [1.54, 1.807) is 13.2 Å². The minimum absolute atomic E-state index is 0.227. The van der Waals surface area contributed by atoms with Crippen LogP contribution >= 0.6 is 11.6 Å². The summed E-state index contributed by atoms with van der Waals surface area (Å²) in [5.41, 5.74) is 0.916. The number of methoxy groups -OCH3 is 1. The van der Waals surface area contributed by atoms with Crippen LogP contribution < -0.4 is 9.47 Å². The maximum Gasteiger partial charge on any atom is 0.122 e. The van der Waals surface area contributed by atoms with Gasteiger partial charge < -0.3 is 9.47 Å². The van der Waals surface area contributed by atoms with Crippen LogP contribution in [0.25, 0.3) is 0 Å². The molecule has 0 aliphatic rings. The highest BCUT2D eigenvalue weighted by molar-refractivity contribution is 6.30. The molecule has 0 spiro atoms. The average Bonchev–Trinajstić information content (AvgIpc) is 2.52. The van der Waals surface area contributed by atoms with Gasteiger partial charge in [-0.3, -0.25) is 0 Å². The van der Waals surface area contributed by atoms with Crippen molar-refractivity contribution in [3.05, 3.63) is 59.1 Å². The fraction of sp³-hybridized carbons (Fsp3) is 0.235. The van der Waals surface area contributed by atoms with Gasteiger partial charge >= 0.3 is 0 Å². The van der Waals surface area contributed by atoms with Crippen molar-refractivity contribution in [1.82, 2.24) is 0 Å². The lowest BCUT2D eigenvalue weighted by Crippen LogP contribution is -2.04. The number of hydrogen-bond acceptors (Lipinski definition) is 3. The van der Waals surface area contributed by atoms with Crippen LogP contribution in [-0.4, -0.2) is 13.7 Å². The monoisotopic (exact) mass is 301 g/mol. The summed E-state index contributed by atoms with van der Waals surface area (Å²) in [6.45, 7) is 0.456. The fourth-order valence-corrected chi connectivity index (χ4v) is 2.21. The Kier molecular flexibility index (Phi) is 5.48. The zero-order valence-corrected chi connectivity index (χ0v) is 12.5. The minimum atomic E-state index is -0.227. The predicted octanol–water partition coefficient (Wildman–Crippen LogP) is 4.42. The van der Waals surface area contributed by atoms with E-state index < -0.39 is 0 Å². The second-order valence-electron chi connectivity index (χ2n) is 4.55. The van der Waals surface area contributed by atoms with E-state index in [1.165, 1.54) is 0 Å². The van der Waals surface area contributed by atoms with Gasteiger partial charge in [0.2, 0.25) is 0 Å². The molecule has 21 heavy (non-hydrogen) atoms. The minimum Gasteiger partial charge on any atom is -0.497 e. The van der Waals surface area contributed by atoms with E-state index in [9.17, 15) is 5.26 Å². The molecule has 0 bridgehead atoms. The summed E-state index contributed by atoms with van der Waals surface area (Å²) >= 11 is 5.95. The van der Waals surface area contributed by atoms with Crippen molar-refractivity contribution >= 4 is 11.6 Å². The third kappa shape index (κ3) is 4.40. The second-order valence-corrected chi connectivity index (χ2v) is 4.99. The third-order valence-electron chi connectivity index (χ3n) is 3.12. The van der Waals surface area contributed by atoms with Gasteiger partial charge in [0.1, 0.15) is 11.5 Å². The first-order valence-corrected chi connectivity index (χ1v) is 7.02. The van der Waals surface area contributed by atoms with Gasteiger partial charge in [0.25, 0.3) is 0 Å². The van der Waals surface area contributed by atoms with Crippen LogP contribution in [0.5, 0.6) is 11.5 Å². The van der Waals surface area contributed by atoms with E-state index in [2.05, 4.69) is 6.07 Å². The van der Waals surface area contributed by atoms with Gasteiger partial charge in [0, 0.05) is 17.5 Å². The van der Waals surface area contributed by atoms with Crippen LogP contribution in [0.15, 0.2) is 48.5 Å². The van der Waals surface area contributed by atoms with Crippen molar-refractivity contribution in [3.8, 4) is 17.6 Å². The second kappa shape index (κ2) is 7.56. The molecule has 2 rings (SSSR count). The summed E-state index contributed by atoms with van der Waals surface area (Å²) in [6, 6.07) is 17.1. The Labute approximate surface area is 129 Å². The smallest absolute Gasteiger partial charge is 0.122 e. The van der Waals surface area contributed by atoms with Crippen LogP contribution in [0, 0.1) is 11.3 Å². The molecule has 4 heteroatoms. The molecule has 2 aromatic carbocycles. The highest BCUT2D eigenvalue weighted by Gasteiger charge is 2.11. The average molecular weight is 302 g/mol. The molecule has 0 radical (unpaired) electrons. The quantitative estimate of drug-likeness (QED) is 0.793. The number of rotatable bonds is 6. The molecule has 3 nitrogen and oxygen atoms in total. The fourth-order valence-electron chi connectivity index (χ4n) is 2.01. The van der Waals surface area contributed by atoms with E-state index >= 15 is 0 Å². The van der Waals surface area contributed by atoms with Gasteiger partial charge in [0.05, 0.1) is 25.7 Å². The van der Waals surface area contributed by atoms with Crippen LogP contribution in [-0.2, 0) is 0 Å². The van der Waals surface area contributed by atoms with Crippen molar-refractivity contribution < 1.29 is 9.47 Å². The summed E-state index contributed by atoms with van der Waals surface area (Å²) in [5, 5.41) is 9.92. The van der Waals surface area contributed by atoms with Gasteiger partial charge in [-0.25, -0.2) is 0 Å².